The van der Waals surface area contributed by atoms with Gasteiger partial charge in [-0.2, -0.15) is 5.10 Å². The Morgan fingerprint density at radius 1 is 1.32 bits per heavy atom. The molecule has 146 valence electrons. The molecule has 0 unspecified atom stereocenters. The van der Waals surface area contributed by atoms with Crippen LogP contribution in [0.2, 0.25) is 0 Å². The minimum absolute atomic E-state index is 0.0260. The van der Waals surface area contributed by atoms with E-state index in [4.69, 9.17) is 0 Å². The Bertz CT molecular complexity index is 1110. The molecule has 1 amide bonds. The third kappa shape index (κ3) is 4.15. The molecule has 0 saturated carbocycles. The molecular weight excluding hydrogens is 408 g/mol. The van der Waals surface area contributed by atoms with Gasteiger partial charge in [0.25, 0.3) is 15.9 Å². The van der Waals surface area contributed by atoms with Gasteiger partial charge >= 0.3 is 5.69 Å². The fraction of sp³-hybridized carbons (Fsp3) is 0.133. The Balaban J connectivity index is 1.77. The summed E-state index contributed by atoms with van der Waals surface area (Å²) in [5.74, 6) is -0.768. The summed E-state index contributed by atoms with van der Waals surface area (Å²) >= 11 is 1.14. The molecular formula is C15H14N6O5S2. The Morgan fingerprint density at radius 2 is 2.04 bits per heavy atom. The van der Waals surface area contributed by atoms with Gasteiger partial charge in [-0.3, -0.25) is 24.3 Å². The second-order valence-corrected chi connectivity index (χ2v) is 7.97. The number of aromatic nitrogens is 3. The second-order valence-electron chi connectivity index (χ2n) is 5.40. The van der Waals surface area contributed by atoms with Gasteiger partial charge in [0.15, 0.2) is 5.13 Å². The van der Waals surface area contributed by atoms with E-state index in [9.17, 15) is 23.3 Å². The molecule has 0 aliphatic rings. The van der Waals surface area contributed by atoms with Crippen LogP contribution in [0, 0.1) is 10.1 Å². The highest BCUT2D eigenvalue weighted by molar-refractivity contribution is 7.93. The molecule has 2 aromatic heterocycles. The van der Waals surface area contributed by atoms with Crippen molar-refractivity contribution in [2.75, 3.05) is 10.0 Å². The van der Waals surface area contributed by atoms with Crippen LogP contribution in [0.5, 0.6) is 0 Å². The zero-order valence-corrected chi connectivity index (χ0v) is 16.0. The number of nitrogens with one attached hydrogen (secondary N) is 2. The van der Waals surface area contributed by atoms with E-state index in [-0.39, 0.29) is 21.4 Å². The van der Waals surface area contributed by atoms with Gasteiger partial charge in [-0.15, -0.1) is 11.3 Å². The lowest BCUT2D eigenvalue weighted by atomic mass is 10.3. The SMILES string of the molecule is CCn1cc([N+](=O)[O-])c(C(=O)Nc2ccc(S(=O)(=O)Nc3nccs3)cc2)n1. The first-order valence-electron chi connectivity index (χ1n) is 7.85. The van der Waals surface area contributed by atoms with Crippen molar-refractivity contribution >= 4 is 43.8 Å². The molecule has 2 N–H and O–H groups in total. The molecule has 3 aromatic rings. The van der Waals surface area contributed by atoms with Gasteiger partial charge < -0.3 is 5.32 Å². The Kier molecular flexibility index (Phi) is 5.37. The maximum atomic E-state index is 12.3. The van der Waals surface area contributed by atoms with E-state index in [0.717, 1.165) is 11.3 Å². The van der Waals surface area contributed by atoms with Gasteiger partial charge in [0.1, 0.15) is 6.20 Å². The number of aryl methyl sites for hydroxylation is 1. The molecule has 1 aromatic carbocycles. The van der Waals surface area contributed by atoms with Crippen LogP contribution >= 0.6 is 11.3 Å². The van der Waals surface area contributed by atoms with E-state index in [1.807, 2.05) is 0 Å². The highest BCUT2D eigenvalue weighted by Gasteiger charge is 2.25. The number of nitro groups is 1. The molecule has 28 heavy (non-hydrogen) atoms. The van der Waals surface area contributed by atoms with Gasteiger partial charge in [0.2, 0.25) is 5.69 Å². The monoisotopic (exact) mass is 422 g/mol. The van der Waals surface area contributed by atoms with Crippen molar-refractivity contribution in [3.05, 3.63) is 57.8 Å². The first-order valence-corrected chi connectivity index (χ1v) is 10.2. The van der Waals surface area contributed by atoms with Crippen LogP contribution in [-0.2, 0) is 16.6 Å². The largest absolute Gasteiger partial charge is 0.320 e. The summed E-state index contributed by atoms with van der Waals surface area (Å²) in [7, 11) is -3.82. The van der Waals surface area contributed by atoms with E-state index >= 15 is 0 Å². The van der Waals surface area contributed by atoms with Crippen LogP contribution in [-0.4, -0.2) is 34.0 Å². The van der Waals surface area contributed by atoms with Gasteiger partial charge in [-0.1, -0.05) is 0 Å². The summed E-state index contributed by atoms with van der Waals surface area (Å²) < 4.78 is 28.2. The summed E-state index contributed by atoms with van der Waals surface area (Å²) in [6.45, 7) is 2.10. The number of anilines is 2. The van der Waals surface area contributed by atoms with E-state index in [1.54, 1.807) is 12.3 Å². The van der Waals surface area contributed by atoms with Gasteiger partial charge in [0, 0.05) is 23.8 Å². The van der Waals surface area contributed by atoms with Gasteiger partial charge in [-0.05, 0) is 31.2 Å². The number of rotatable bonds is 7. The van der Waals surface area contributed by atoms with Gasteiger partial charge in [-0.25, -0.2) is 13.4 Å². The van der Waals surface area contributed by atoms with Crippen LogP contribution in [0.25, 0.3) is 0 Å². The van der Waals surface area contributed by atoms with Crippen molar-refractivity contribution in [3.63, 3.8) is 0 Å². The summed E-state index contributed by atoms with van der Waals surface area (Å²) in [6.07, 6.45) is 2.65. The number of hydrogen-bond donors (Lipinski definition) is 2. The maximum absolute atomic E-state index is 12.3. The van der Waals surface area contributed by atoms with Crippen molar-refractivity contribution < 1.29 is 18.1 Å². The number of nitrogens with zero attached hydrogens (tertiary/aromatic N) is 4. The minimum Gasteiger partial charge on any atom is -0.320 e. The molecule has 0 bridgehead atoms. The molecule has 13 heteroatoms. The predicted octanol–water partition coefficient (Wildman–Crippen LogP) is 2.32. The van der Waals surface area contributed by atoms with E-state index < -0.39 is 26.5 Å². The van der Waals surface area contributed by atoms with Crippen LogP contribution in [0.4, 0.5) is 16.5 Å². The zero-order chi connectivity index (χ0) is 20.3. The summed E-state index contributed by atoms with van der Waals surface area (Å²) in [4.78, 5) is 26.6. The average molecular weight is 422 g/mol. The molecule has 0 aliphatic carbocycles. The highest BCUT2D eigenvalue weighted by Crippen LogP contribution is 2.21. The molecule has 0 aliphatic heterocycles. The number of carbonyl (C=O) groups is 1. The molecule has 0 saturated heterocycles. The van der Waals surface area contributed by atoms with E-state index in [1.165, 1.54) is 41.3 Å². The second kappa shape index (κ2) is 7.74. The molecule has 0 radical (unpaired) electrons. The van der Waals surface area contributed by atoms with Crippen molar-refractivity contribution in [2.24, 2.45) is 0 Å². The normalized spacial score (nSPS) is 11.2. The topological polar surface area (TPSA) is 149 Å². The third-order valence-electron chi connectivity index (χ3n) is 3.55. The minimum atomic E-state index is -3.82. The van der Waals surface area contributed by atoms with E-state index in [0.29, 0.717) is 6.54 Å². The smallest absolute Gasteiger partial charge is 0.320 e. The standard InChI is InChI=1S/C15H14N6O5S2/c1-2-20-9-12(21(23)24)13(18-20)14(22)17-10-3-5-11(6-4-10)28(25,26)19-15-16-7-8-27-15/h3-9H,2H2,1H3,(H,16,19)(H,17,22). The van der Waals surface area contributed by atoms with Crippen molar-refractivity contribution in [1.29, 1.82) is 0 Å². The van der Waals surface area contributed by atoms with E-state index in [2.05, 4.69) is 20.1 Å². The lowest BCUT2D eigenvalue weighted by Gasteiger charge is -2.07. The van der Waals surface area contributed by atoms with Crippen LogP contribution in [0.1, 0.15) is 17.4 Å². The number of hydrogen-bond acceptors (Lipinski definition) is 8. The average Bonchev–Trinajstić information content (AvgIpc) is 3.31. The summed E-state index contributed by atoms with van der Waals surface area (Å²) in [5.41, 5.74) is -0.473. The first-order chi connectivity index (χ1) is 13.3. The predicted molar refractivity (Wildman–Crippen MR) is 102 cm³/mol. The lowest BCUT2D eigenvalue weighted by Crippen LogP contribution is -2.15. The van der Waals surface area contributed by atoms with Crippen molar-refractivity contribution in [3.8, 4) is 0 Å². The quantitative estimate of drug-likeness (QED) is 0.438. The van der Waals surface area contributed by atoms with Crippen molar-refractivity contribution in [2.45, 2.75) is 18.4 Å². The number of carbonyl (C=O) groups excluding carboxylic acids is 1. The molecule has 0 fully saturated rings. The van der Waals surface area contributed by atoms with Crippen LogP contribution < -0.4 is 10.0 Å². The maximum Gasteiger partial charge on any atom is 0.320 e. The molecule has 2 heterocycles. The Hall–Kier alpha value is -3.32. The molecule has 0 spiro atoms. The fourth-order valence-corrected chi connectivity index (χ4v) is 4.01. The number of thiazole rings is 1. The Morgan fingerprint density at radius 3 is 2.61 bits per heavy atom. The summed E-state index contributed by atoms with van der Waals surface area (Å²) in [5, 5.41) is 19.3. The Labute approximate surface area is 163 Å². The summed E-state index contributed by atoms with van der Waals surface area (Å²) in [6, 6.07) is 5.34. The highest BCUT2D eigenvalue weighted by atomic mass is 32.2. The first kappa shape index (κ1) is 19.4. The fourth-order valence-electron chi connectivity index (χ4n) is 2.22. The van der Waals surface area contributed by atoms with Gasteiger partial charge in [0.05, 0.1) is 9.82 Å². The molecule has 3 rings (SSSR count). The molecule has 0 atom stereocenters. The number of amides is 1. The van der Waals surface area contributed by atoms with Crippen LogP contribution in [0.3, 0.4) is 0 Å². The van der Waals surface area contributed by atoms with Crippen LogP contribution in [0.15, 0.2) is 46.9 Å². The number of sulfonamides is 1. The van der Waals surface area contributed by atoms with Crippen molar-refractivity contribution in [1.82, 2.24) is 14.8 Å². The number of benzene rings is 1. The third-order valence-corrected chi connectivity index (χ3v) is 5.73. The zero-order valence-electron chi connectivity index (χ0n) is 14.4. The lowest BCUT2D eigenvalue weighted by molar-refractivity contribution is -0.385. The molecule has 11 nitrogen and oxygen atoms in total.